The second-order valence-electron chi connectivity index (χ2n) is 5.47. The summed E-state index contributed by atoms with van der Waals surface area (Å²) in [6, 6.07) is 5.85. The Kier molecular flexibility index (Phi) is 6.37. The molecule has 1 aliphatic heterocycles. The predicted octanol–water partition coefficient (Wildman–Crippen LogP) is -0.146. The van der Waals surface area contributed by atoms with E-state index in [1.165, 1.54) is 0 Å². The quantitative estimate of drug-likeness (QED) is 0.648. The monoisotopic (exact) mass is 321 g/mol. The van der Waals surface area contributed by atoms with Gasteiger partial charge >= 0.3 is 0 Å². The molecule has 1 fully saturated rings. The van der Waals surface area contributed by atoms with E-state index in [1.807, 2.05) is 25.1 Å². The molecule has 7 nitrogen and oxygen atoms in total. The zero-order valence-corrected chi connectivity index (χ0v) is 13.3. The van der Waals surface area contributed by atoms with Crippen LogP contribution in [-0.2, 0) is 20.9 Å². The van der Waals surface area contributed by atoms with E-state index in [-0.39, 0.29) is 31.0 Å². The minimum absolute atomic E-state index is 0.0510. The van der Waals surface area contributed by atoms with Gasteiger partial charge in [0.2, 0.25) is 11.8 Å². The number of nitrogens with one attached hydrogen (secondary N) is 2. The first-order valence-electron chi connectivity index (χ1n) is 7.66. The number of nitrogens with two attached hydrogens (primary N) is 1. The molecule has 0 spiro atoms. The van der Waals surface area contributed by atoms with Crippen molar-refractivity contribution >= 4 is 11.8 Å². The molecule has 2 amide bonds. The Labute approximate surface area is 135 Å². The number of aryl methyl sites for hydroxylation is 1. The Morgan fingerprint density at radius 2 is 2.17 bits per heavy atom. The Morgan fingerprint density at radius 3 is 2.87 bits per heavy atom. The molecule has 0 aromatic heterocycles. The third-order valence-electron chi connectivity index (χ3n) is 3.51. The van der Waals surface area contributed by atoms with E-state index in [2.05, 4.69) is 10.6 Å². The normalized spacial score (nSPS) is 16.9. The van der Waals surface area contributed by atoms with E-state index < -0.39 is 0 Å². The zero-order valence-electron chi connectivity index (χ0n) is 13.3. The van der Waals surface area contributed by atoms with Gasteiger partial charge < -0.3 is 25.8 Å². The summed E-state index contributed by atoms with van der Waals surface area (Å²) >= 11 is 0. The van der Waals surface area contributed by atoms with Crippen LogP contribution in [0.4, 0.5) is 0 Å². The van der Waals surface area contributed by atoms with Crippen molar-refractivity contribution in [2.75, 3.05) is 26.3 Å². The minimum atomic E-state index is -0.360. The van der Waals surface area contributed by atoms with Crippen LogP contribution >= 0.6 is 0 Å². The molecule has 2 rings (SSSR count). The molecule has 1 saturated heterocycles. The number of benzene rings is 1. The average molecular weight is 321 g/mol. The SMILES string of the molecule is Cc1ccc(CNC(=O)CNC(=O)CN)c(OC2CCOC2)c1. The lowest BCUT2D eigenvalue weighted by molar-refractivity contribution is -0.125. The molecule has 4 N–H and O–H groups in total. The van der Waals surface area contributed by atoms with Crippen molar-refractivity contribution in [2.45, 2.75) is 26.0 Å². The van der Waals surface area contributed by atoms with Crippen LogP contribution in [0.1, 0.15) is 17.5 Å². The lowest BCUT2D eigenvalue weighted by Gasteiger charge is -2.17. The van der Waals surface area contributed by atoms with Gasteiger partial charge in [0.15, 0.2) is 0 Å². The van der Waals surface area contributed by atoms with Gasteiger partial charge in [-0.3, -0.25) is 9.59 Å². The second kappa shape index (κ2) is 8.50. The lowest BCUT2D eigenvalue weighted by atomic mass is 10.1. The highest BCUT2D eigenvalue weighted by atomic mass is 16.5. The van der Waals surface area contributed by atoms with Crippen LogP contribution in [0.15, 0.2) is 18.2 Å². The Bertz CT molecular complexity index is 556. The average Bonchev–Trinajstić information content (AvgIpc) is 3.04. The first-order chi connectivity index (χ1) is 11.1. The summed E-state index contributed by atoms with van der Waals surface area (Å²) in [6.07, 6.45) is 0.917. The Hall–Kier alpha value is -2.12. The fraction of sp³-hybridized carbons (Fsp3) is 0.500. The number of amides is 2. The van der Waals surface area contributed by atoms with Crippen molar-refractivity contribution in [2.24, 2.45) is 5.73 Å². The van der Waals surface area contributed by atoms with Crippen molar-refractivity contribution in [1.29, 1.82) is 0 Å². The van der Waals surface area contributed by atoms with Crippen molar-refractivity contribution in [1.82, 2.24) is 10.6 Å². The molecule has 1 unspecified atom stereocenters. The molecular weight excluding hydrogens is 298 g/mol. The number of rotatable bonds is 7. The van der Waals surface area contributed by atoms with Crippen LogP contribution in [0.2, 0.25) is 0 Å². The third kappa shape index (κ3) is 5.54. The molecule has 7 heteroatoms. The maximum absolute atomic E-state index is 11.7. The van der Waals surface area contributed by atoms with Crippen LogP contribution in [0.5, 0.6) is 5.75 Å². The third-order valence-corrected chi connectivity index (χ3v) is 3.51. The maximum atomic E-state index is 11.7. The van der Waals surface area contributed by atoms with Crippen LogP contribution < -0.4 is 21.1 Å². The smallest absolute Gasteiger partial charge is 0.239 e. The summed E-state index contributed by atoms with van der Waals surface area (Å²) in [4.78, 5) is 22.8. The first-order valence-corrected chi connectivity index (χ1v) is 7.66. The van der Waals surface area contributed by atoms with Gasteiger partial charge in [-0.15, -0.1) is 0 Å². The van der Waals surface area contributed by atoms with E-state index >= 15 is 0 Å². The van der Waals surface area contributed by atoms with Crippen LogP contribution in [0.3, 0.4) is 0 Å². The van der Waals surface area contributed by atoms with E-state index in [9.17, 15) is 9.59 Å². The van der Waals surface area contributed by atoms with Gasteiger partial charge in [-0.1, -0.05) is 12.1 Å². The molecular formula is C16H23N3O4. The number of ether oxygens (including phenoxy) is 2. The first kappa shape index (κ1) is 17.2. The Morgan fingerprint density at radius 1 is 1.35 bits per heavy atom. The lowest BCUT2D eigenvalue weighted by Crippen LogP contribution is -2.39. The summed E-state index contributed by atoms with van der Waals surface area (Å²) in [5.41, 5.74) is 7.14. The number of hydrogen-bond donors (Lipinski definition) is 3. The largest absolute Gasteiger partial charge is 0.488 e. The van der Waals surface area contributed by atoms with Crippen molar-refractivity contribution in [3.8, 4) is 5.75 Å². The molecule has 1 aromatic rings. The van der Waals surface area contributed by atoms with Crippen molar-refractivity contribution in [3.63, 3.8) is 0 Å². The predicted molar refractivity (Wildman–Crippen MR) is 84.9 cm³/mol. The van der Waals surface area contributed by atoms with Crippen LogP contribution in [-0.4, -0.2) is 44.2 Å². The van der Waals surface area contributed by atoms with E-state index in [4.69, 9.17) is 15.2 Å². The zero-order chi connectivity index (χ0) is 16.7. The van der Waals surface area contributed by atoms with E-state index in [0.29, 0.717) is 19.8 Å². The fourth-order valence-electron chi connectivity index (χ4n) is 2.21. The molecule has 1 heterocycles. The minimum Gasteiger partial charge on any atom is -0.488 e. The topological polar surface area (TPSA) is 103 Å². The van der Waals surface area contributed by atoms with Gasteiger partial charge in [0.1, 0.15) is 11.9 Å². The van der Waals surface area contributed by atoms with Crippen LogP contribution in [0.25, 0.3) is 0 Å². The summed E-state index contributed by atoms with van der Waals surface area (Å²) in [5, 5.41) is 5.18. The molecule has 23 heavy (non-hydrogen) atoms. The molecule has 1 atom stereocenters. The summed E-state index contributed by atoms with van der Waals surface area (Å²) < 4.78 is 11.3. The van der Waals surface area contributed by atoms with Crippen molar-refractivity contribution < 1.29 is 19.1 Å². The molecule has 126 valence electrons. The number of carbonyl (C=O) groups is 2. The van der Waals surface area contributed by atoms with Crippen molar-refractivity contribution in [3.05, 3.63) is 29.3 Å². The molecule has 0 saturated carbocycles. The highest BCUT2D eigenvalue weighted by Gasteiger charge is 2.18. The van der Waals surface area contributed by atoms with Gasteiger partial charge in [-0.2, -0.15) is 0 Å². The van der Waals surface area contributed by atoms with Gasteiger partial charge in [0, 0.05) is 18.5 Å². The highest BCUT2D eigenvalue weighted by Crippen LogP contribution is 2.23. The standard InChI is InChI=1S/C16H23N3O4/c1-11-2-3-12(8-18-16(21)9-19-15(20)7-17)14(6-11)23-13-4-5-22-10-13/h2-3,6,13H,4-5,7-10,17H2,1H3,(H,18,21)(H,19,20). The molecule has 0 radical (unpaired) electrons. The van der Waals surface area contributed by atoms with E-state index in [1.54, 1.807) is 0 Å². The fourth-order valence-corrected chi connectivity index (χ4v) is 2.21. The van der Waals surface area contributed by atoms with Crippen LogP contribution in [0, 0.1) is 6.92 Å². The summed E-state index contributed by atoms with van der Waals surface area (Å²) in [5.74, 6) is 0.120. The number of carbonyl (C=O) groups excluding carboxylic acids is 2. The van der Waals surface area contributed by atoms with E-state index in [0.717, 1.165) is 23.3 Å². The summed E-state index contributed by atoms with van der Waals surface area (Å²) in [6.45, 7) is 3.40. The van der Waals surface area contributed by atoms with Gasteiger partial charge in [-0.05, 0) is 18.6 Å². The second-order valence-corrected chi connectivity index (χ2v) is 5.47. The maximum Gasteiger partial charge on any atom is 0.239 e. The van der Waals surface area contributed by atoms with Gasteiger partial charge in [0.25, 0.3) is 0 Å². The highest BCUT2D eigenvalue weighted by molar-refractivity contribution is 5.85. The Balaban J connectivity index is 1.90. The molecule has 1 aromatic carbocycles. The van der Waals surface area contributed by atoms with Gasteiger partial charge in [0.05, 0.1) is 26.3 Å². The van der Waals surface area contributed by atoms with Gasteiger partial charge in [-0.25, -0.2) is 0 Å². The molecule has 1 aliphatic rings. The summed E-state index contributed by atoms with van der Waals surface area (Å²) in [7, 11) is 0. The number of hydrogen-bond acceptors (Lipinski definition) is 5. The molecule has 0 aliphatic carbocycles. The molecule has 0 bridgehead atoms.